The van der Waals surface area contributed by atoms with E-state index in [0.717, 1.165) is 27.9 Å². The van der Waals surface area contributed by atoms with E-state index in [-0.39, 0.29) is 12.1 Å². The molecule has 3 heterocycles. The summed E-state index contributed by atoms with van der Waals surface area (Å²) in [6, 6.07) is 13.6. The molecule has 0 radical (unpaired) electrons. The molecule has 0 unspecified atom stereocenters. The number of hydrogen-bond acceptors (Lipinski definition) is 6. The fourth-order valence-electron chi connectivity index (χ4n) is 4.28. The van der Waals surface area contributed by atoms with Crippen LogP contribution in [-0.2, 0) is 13.0 Å². The van der Waals surface area contributed by atoms with Crippen molar-refractivity contribution in [2.45, 2.75) is 33.7 Å². The number of rotatable bonds is 6. The van der Waals surface area contributed by atoms with Gasteiger partial charge >= 0.3 is 0 Å². The summed E-state index contributed by atoms with van der Waals surface area (Å²) in [5.41, 5.74) is 3.98. The number of ether oxygens (including phenoxy) is 2. The van der Waals surface area contributed by atoms with E-state index in [2.05, 4.69) is 16.1 Å². The molecule has 0 aliphatic carbocycles. The summed E-state index contributed by atoms with van der Waals surface area (Å²) in [6.07, 6.45) is 0.684. The highest BCUT2D eigenvalue weighted by molar-refractivity contribution is 5.87. The highest BCUT2D eigenvalue weighted by atomic mass is 16.5. The number of benzene rings is 2. The van der Waals surface area contributed by atoms with Crippen molar-refractivity contribution in [3.8, 4) is 23.0 Å². The van der Waals surface area contributed by atoms with E-state index in [1.165, 1.54) is 4.68 Å². The van der Waals surface area contributed by atoms with E-state index in [1.54, 1.807) is 20.3 Å². The lowest BCUT2D eigenvalue weighted by Gasteiger charge is -2.09. The molecule has 2 aromatic carbocycles. The van der Waals surface area contributed by atoms with Crippen molar-refractivity contribution >= 4 is 16.4 Å². The van der Waals surface area contributed by atoms with Gasteiger partial charge in [0.1, 0.15) is 22.8 Å². The minimum absolute atomic E-state index is 0.166. The predicted octanol–water partition coefficient (Wildman–Crippen LogP) is 4.55. The van der Waals surface area contributed by atoms with Crippen LogP contribution in [0.3, 0.4) is 0 Å². The summed E-state index contributed by atoms with van der Waals surface area (Å²) < 4.78 is 20.1. The van der Waals surface area contributed by atoms with E-state index in [4.69, 9.17) is 13.9 Å². The Balaban J connectivity index is 1.58. The largest absolute Gasteiger partial charge is 0.493 e. The van der Waals surface area contributed by atoms with Gasteiger partial charge in [0, 0.05) is 17.4 Å². The second kappa shape index (κ2) is 8.37. The Hall–Kier alpha value is -4.07. The van der Waals surface area contributed by atoms with Crippen LogP contribution < -0.4 is 15.0 Å². The molecule has 5 rings (SSSR count). The Bertz CT molecular complexity index is 1590. The minimum atomic E-state index is -0.166. The zero-order valence-corrected chi connectivity index (χ0v) is 19.9. The van der Waals surface area contributed by atoms with E-state index in [0.29, 0.717) is 40.8 Å². The lowest BCUT2D eigenvalue weighted by atomic mass is 10.2. The molecule has 5 aromatic rings. The maximum absolute atomic E-state index is 13.4. The maximum atomic E-state index is 13.4. The van der Waals surface area contributed by atoms with Gasteiger partial charge in [0.2, 0.25) is 5.89 Å². The zero-order valence-electron chi connectivity index (χ0n) is 19.9. The molecule has 0 bridgehead atoms. The van der Waals surface area contributed by atoms with Crippen molar-refractivity contribution in [3.05, 3.63) is 75.7 Å². The lowest BCUT2D eigenvalue weighted by molar-refractivity contribution is 0.355. The lowest BCUT2D eigenvalue weighted by Crippen LogP contribution is -2.27. The van der Waals surface area contributed by atoms with Crippen molar-refractivity contribution in [1.82, 2.24) is 19.2 Å². The number of hydrogen-bond donors (Lipinski definition) is 0. The highest BCUT2D eigenvalue weighted by Gasteiger charge is 2.18. The Morgan fingerprint density at radius 3 is 2.50 bits per heavy atom. The van der Waals surface area contributed by atoms with Gasteiger partial charge in [-0.25, -0.2) is 9.67 Å². The molecule has 3 aromatic heterocycles. The summed E-state index contributed by atoms with van der Waals surface area (Å²) in [5, 5.41) is 5.71. The average Bonchev–Trinajstić information content (AvgIpc) is 3.40. The molecule has 8 heteroatoms. The van der Waals surface area contributed by atoms with Crippen molar-refractivity contribution in [3.63, 3.8) is 0 Å². The molecule has 0 saturated carbocycles. The van der Waals surface area contributed by atoms with E-state index >= 15 is 0 Å². The Morgan fingerprint density at radius 2 is 1.76 bits per heavy atom. The van der Waals surface area contributed by atoms with Gasteiger partial charge in [0.25, 0.3) is 5.56 Å². The summed E-state index contributed by atoms with van der Waals surface area (Å²) in [4.78, 5) is 18.1. The van der Waals surface area contributed by atoms with Gasteiger partial charge in [-0.05, 0) is 50.2 Å². The minimum Gasteiger partial charge on any atom is -0.493 e. The number of methoxy groups -OCH3 is 2. The van der Waals surface area contributed by atoms with Crippen LogP contribution in [0.1, 0.15) is 29.8 Å². The summed E-state index contributed by atoms with van der Waals surface area (Å²) in [6.45, 7) is 6.13. The van der Waals surface area contributed by atoms with Crippen molar-refractivity contribution < 1.29 is 13.9 Å². The fraction of sp³-hybridized carbons (Fsp3) is 0.269. The first kappa shape index (κ1) is 21.8. The van der Waals surface area contributed by atoms with E-state index < -0.39 is 0 Å². The van der Waals surface area contributed by atoms with Crippen LogP contribution in [0.2, 0.25) is 0 Å². The molecule has 0 aliphatic rings. The summed E-state index contributed by atoms with van der Waals surface area (Å²) in [5.74, 6) is 3.11. The molecular weight excluding hydrogens is 432 g/mol. The number of aryl methyl sites for hydroxylation is 3. The normalized spacial score (nSPS) is 11.4. The van der Waals surface area contributed by atoms with Crippen molar-refractivity contribution in [2.75, 3.05) is 14.2 Å². The average molecular weight is 459 g/mol. The summed E-state index contributed by atoms with van der Waals surface area (Å²) in [7, 11) is 3.17. The zero-order chi connectivity index (χ0) is 24.0. The van der Waals surface area contributed by atoms with E-state index in [1.807, 2.05) is 55.5 Å². The van der Waals surface area contributed by atoms with Gasteiger partial charge < -0.3 is 13.9 Å². The highest BCUT2D eigenvalue weighted by Crippen LogP contribution is 2.32. The van der Waals surface area contributed by atoms with E-state index in [9.17, 15) is 4.79 Å². The molecule has 8 nitrogen and oxygen atoms in total. The molecule has 0 spiro atoms. The third kappa shape index (κ3) is 3.51. The number of fused-ring (bicyclic) bond motifs is 3. The van der Waals surface area contributed by atoms with Gasteiger partial charge in [-0.3, -0.25) is 9.20 Å². The molecule has 174 valence electrons. The van der Waals surface area contributed by atoms with Crippen LogP contribution in [0.15, 0.2) is 51.7 Å². The second-order valence-corrected chi connectivity index (χ2v) is 8.25. The molecule has 34 heavy (non-hydrogen) atoms. The summed E-state index contributed by atoms with van der Waals surface area (Å²) >= 11 is 0. The Morgan fingerprint density at radius 1 is 0.971 bits per heavy atom. The van der Waals surface area contributed by atoms with Gasteiger partial charge in [0.05, 0.1) is 26.3 Å². The molecule has 0 fully saturated rings. The first-order valence-electron chi connectivity index (χ1n) is 11.1. The standard InChI is InChI=1S/C26H26N4O4/c1-6-24-28-29(26(31)21-12-18-11-15(2)7-9-20(18)30(21)24)14-19-16(3)34-25(27-19)17-8-10-22(32-4)23(13-17)33-5/h7-13H,6,14H2,1-5H3. The second-order valence-electron chi connectivity index (χ2n) is 8.25. The van der Waals surface area contributed by atoms with Gasteiger partial charge in [-0.1, -0.05) is 18.6 Å². The van der Waals surface area contributed by atoms with Gasteiger partial charge in [-0.2, -0.15) is 5.10 Å². The Labute approximate surface area is 196 Å². The van der Waals surface area contributed by atoms with Crippen molar-refractivity contribution in [2.24, 2.45) is 0 Å². The SMILES string of the molecule is CCc1nn(Cc2nc(-c3ccc(OC)c(OC)c3)oc2C)c(=O)c2cc3cc(C)ccc3n12. The number of aromatic nitrogens is 4. The molecule has 0 amide bonds. The van der Waals surface area contributed by atoms with Crippen LogP contribution in [-0.4, -0.2) is 33.4 Å². The monoisotopic (exact) mass is 458 g/mol. The molecule has 0 saturated heterocycles. The topological polar surface area (TPSA) is 83.8 Å². The maximum Gasteiger partial charge on any atom is 0.291 e. The molecular formula is C26H26N4O4. The quantitative estimate of drug-likeness (QED) is 0.371. The molecule has 0 aliphatic heterocycles. The molecule has 0 N–H and O–H groups in total. The van der Waals surface area contributed by atoms with Crippen LogP contribution in [0.5, 0.6) is 11.5 Å². The molecule has 0 atom stereocenters. The Kier molecular flexibility index (Phi) is 5.36. The third-order valence-corrected chi connectivity index (χ3v) is 6.04. The van der Waals surface area contributed by atoms with Crippen LogP contribution in [0.4, 0.5) is 0 Å². The first-order valence-corrected chi connectivity index (χ1v) is 11.1. The third-order valence-electron chi connectivity index (χ3n) is 6.04. The van der Waals surface area contributed by atoms with Gasteiger partial charge in [0.15, 0.2) is 11.5 Å². The predicted molar refractivity (Wildman–Crippen MR) is 130 cm³/mol. The fourth-order valence-corrected chi connectivity index (χ4v) is 4.28. The number of oxazole rings is 1. The van der Waals surface area contributed by atoms with Gasteiger partial charge in [-0.15, -0.1) is 0 Å². The van der Waals surface area contributed by atoms with Crippen LogP contribution >= 0.6 is 0 Å². The van der Waals surface area contributed by atoms with Crippen LogP contribution in [0, 0.1) is 13.8 Å². The smallest absolute Gasteiger partial charge is 0.291 e. The first-order chi connectivity index (χ1) is 16.4. The number of nitrogens with zero attached hydrogens (tertiary/aromatic N) is 4. The van der Waals surface area contributed by atoms with Crippen LogP contribution in [0.25, 0.3) is 27.9 Å². The van der Waals surface area contributed by atoms with Crippen molar-refractivity contribution in [1.29, 1.82) is 0 Å².